The van der Waals surface area contributed by atoms with E-state index in [0.717, 1.165) is 46.1 Å². The van der Waals surface area contributed by atoms with Crippen molar-refractivity contribution in [2.24, 2.45) is 0 Å². The predicted molar refractivity (Wildman–Crippen MR) is 113 cm³/mol. The zero-order valence-corrected chi connectivity index (χ0v) is 16.4. The number of aliphatic hydroxyl groups excluding tert-OH is 1. The fourth-order valence-corrected chi connectivity index (χ4v) is 3.52. The SMILES string of the molecule is C=C[C@H](CNc1cc(-c2ccc(C)nc2)ncn1)c1cccc2c1O[C@H](CO)C2. The molecule has 2 atom stereocenters. The first-order valence-electron chi connectivity index (χ1n) is 9.68. The lowest BCUT2D eigenvalue weighted by Crippen LogP contribution is -2.18. The Hall–Kier alpha value is -3.25. The molecule has 0 fully saturated rings. The first-order chi connectivity index (χ1) is 14.2. The largest absolute Gasteiger partial charge is 0.487 e. The molecule has 6 heteroatoms. The highest BCUT2D eigenvalue weighted by atomic mass is 16.5. The van der Waals surface area contributed by atoms with Crippen molar-refractivity contribution in [1.82, 2.24) is 15.0 Å². The maximum Gasteiger partial charge on any atom is 0.129 e. The van der Waals surface area contributed by atoms with Gasteiger partial charge in [-0.2, -0.15) is 0 Å². The summed E-state index contributed by atoms with van der Waals surface area (Å²) in [6.45, 7) is 6.60. The van der Waals surface area contributed by atoms with Gasteiger partial charge in [-0.15, -0.1) is 6.58 Å². The van der Waals surface area contributed by atoms with Crippen LogP contribution in [0.4, 0.5) is 5.82 Å². The van der Waals surface area contributed by atoms with Crippen LogP contribution in [0.2, 0.25) is 0 Å². The third-order valence-electron chi connectivity index (χ3n) is 5.12. The van der Waals surface area contributed by atoms with Crippen LogP contribution in [0.15, 0.2) is 61.6 Å². The van der Waals surface area contributed by atoms with Crippen molar-refractivity contribution in [3.05, 3.63) is 78.4 Å². The van der Waals surface area contributed by atoms with E-state index in [1.807, 2.05) is 49.5 Å². The first kappa shape index (κ1) is 19.1. The number of pyridine rings is 1. The molecule has 0 saturated carbocycles. The van der Waals surface area contributed by atoms with Gasteiger partial charge in [-0.05, 0) is 24.6 Å². The molecule has 2 aromatic heterocycles. The molecule has 148 valence electrons. The fraction of sp³-hybridized carbons (Fsp3) is 0.261. The molecule has 3 heterocycles. The Bertz CT molecular complexity index is 1000. The van der Waals surface area contributed by atoms with Crippen molar-refractivity contribution in [1.29, 1.82) is 0 Å². The highest BCUT2D eigenvalue weighted by molar-refractivity contribution is 5.61. The van der Waals surface area contributed by atoms with Crippen molar-refractivity contribution < 1.29 is 9.84 Å². The molecule has 0 aliphatic carbocycles. The van der Waals surface area contributed by atoms with E-state index in [-0.39, 0.29) is 18.6 Å². The minimum atomic E-state index is -0.169. The van der Waals surface area contributed by atoms with Crippen molar-refractivity contribution >= 4 is 5.82 Å². The highest BCUT2D eigenvalue weighted by Gasteiger charge is 2.26. The Kier molecular flexibility index (Phi) is 5.53. The van der Waals surface area contributed by atoms with Crippen LogP contribution < -0.4 is 10.1 Å². The van der Waals surface area contributed by atoms with E-state index in [9.17, 15) is 5.11 Å². The van der Waals surface area contributed by atoms with E-state index in [2.05, 4.69) is 32.9 Å². The standard InChI is InChI=1S/C23H24N4O2/c1-3-16(20-6-4-5-17-9-19(13-28)29-23(17)20)11-25-22-10-21(26-14-27-22)18-8-7-15(2)24-12-18/h3-8,10,12,14,16,19,28H,1,9,11,13H2,2H3,(H,25,26,27)/t16-,19+/m1/s1. The molecule has 0 spiro atoms. The van der Waals surface area contributed by atoms with E-state index in [4.69, 9.17) is 4.74 Å². The van der Waals surface area contributed by atoms with Gasteiger partial charge in [-0.3, -0.25) is 4.98 Å². The van der Waals surface area contributed by atoms with Crippen molar-refractivity contribution in [2.45, 2.75) is 25.4 Å². The van der Waals surface area contributed by atoms with Gasteiger partial charge in [0.2, 0.25) is 0 Å². The molecule has 29 heavy (non-hydrogen) atoms. The molecule has 2 N–H and O–H groups in total. The summed E-state index contributed by atoms with van der Waals surface area (Å²) in [5.74, 6) is 1.65. The molecule has 0 saturated heterocycles. The van der Waals surface area contributed by atoms with Crippen LogP contribution in [-0.2, 0) is 6.42 Å². The lowest BCUT2D eigenvalue weighted by Gasteiger charge is -2.18. The number of ether oxygens (including phenoxy) is 1. The van der Waals surface area contributed by atoms with E-state index in [1.165, 1.54) is 0 Å². The number of para-hydroxylation sites is 1. The third-order valence-corrected chi connectivity index (χ3v) is 5.12. The Morgan fingerprint density at radius 2 is 2.17 bits per heavy atom. The molecule has 4 rings (SSSR count). The summed E-state index contributed by atoms with van der Waals surface area (Å²) in [6.07, 6.45) is 5.84. The molecule has 1 aromatic carbocycles. The smallest absolute Gasteiger partial charge is 0.129 e. The Labute approximate surface area is 170 Å². The maximum atomic E-state index is 9.44. The number of rotatable bonds is 7. The number of benzene rings is 1. The number of hydrogen-bond donors (Lipinski definition) is 2. The van der Waals surface area contributed by atoms with Crippen LogP contribution in [0.3, 0.4) is 0 Å². The normalized spacial score (nSPS) is 16.0. The average molecular weight is 388 g/mol. The number of anilines is 1. The lowest BCUT2D eigenvalue weighted by molar-refractivity contribution is 0.133. The van der Waals surface area contributed by atoms with Crippen LogP contribution in [0, 0.1) is 6.92 Å². The zero-order valence-electron chi connectivity index (χ0n) is 16.4. The molecular weight excluding hydrogens is 364 g/mol. The number of aromatic nitrogens is 3. The predicted octanol–water partition coefficient (Wildman–Crippen LogP) is 3.52. The molecule has 0 amide bonds. The zero-order chi connectivity index (χ0) is 20.2. The van der Waals surface area contributed by atoms with Crippen molar-refractivity contribution in [2.75, 3.05) is 18.5 Å². The van der Waals surface area contributed by atoms with Gasteiger partial charge in [0.15, 0.2) is 0 Å². The summed E-state index contributed by atoms with van der Waals surface area (Å²) >= 11 is 0. The minimum absolute atomic E-state index is 0.0166. The van der Waals surface area contributed by atoms with Gasteiger partial charge in [0.25, 0.3) is 0 Å². The van der Waals surface area contributed by atoms with Gasteiger partial charge in [-0.25, -0.2) is 9.97 Å². The monoisotopic (exact) mass is 388 g/mol. The van der Waals surface area contributed by atoms with Crippen molar-refractivity contribution in [3.63, 3.8) is 0 Å². The summed E-state index contributed by atoms with van der Waals surface area (Å²) in [7, 11) is 0. The summed E-state index contributed by atoms with van der Waals surface area (Å²) in [6, 6.07) is 12.0. The van der Waals surface area contributed by atoms with Crippen LogP contribution in [0.1, 0.15) is 22.7 Å². The number of hydrogen-bond acceptors (Lipinski definition) is 6. The molecular formula is C23H24N4O2. The second-order valence-corrected chi connectivity index (χ2v) is 7.16. The molecule has 0 radical (unpaired) electrons. The van der Waals surface area contributed by atoms with Crippen molar-refractivity contribution in [3.8, 4) is 17.0 Å². The molecule has 0 bridgehead atoms. The summed E-state index contributed by atoms with van der Waals surface area (Å²) < 4.78 is 5.95. The molecule has 1 aliphatic rings. The lowest BCUT2D eigenvalue weighted by atomic mass is 9.95. The highest BCUT2D eigenvalue weighted by Crippen LogP contribution is 2.37. The second kappa shape index (κ2) is 8.41. The molecule has 0 unspecified atom stereocenters. The van der Waals surface area contributed by atoms with E-state index in [0.29, 0.717) is 6.54 Å². The Morgan fingerprint density at radius 3 is 2.93 bits per heavy atom. The van der Waals surface area contributed by atoms with Crippen LogP contribution in [0.5, 0.6) is 5.75 Å². The van der Waals surface area contributed by atoms with E-state index in [1.54, 1.807) is 6.33 Å². The summed E-state index contributed by atoms with van der Waals surface area (Å²) in [4.78, 5) is 13.0. The summed E-state index contributed by atoms with van der Waals surface area (Å²) in [5, 5.41) is 12.8. The average Bonchev–Trinajstić information content (AvgIpc) is 3.19. The minimum Gasteiger partial charge on any atom is -0.487 e. The number of nitrogens with one attached hydrogen (secondary N) is 1. The van der Waals surface area contributed by atoms with Crippen LogP contribution >= 0.6 is 0 Å². The molecule has 6 nitrogen and oxygen atoms in total. The third kappa shape index (κ3) is 4.12. The van der Waals surface area contributed by atoms with E-state index < -0.39 is 0 Å². The first-order valence-corrected chi connectivity index (χ1v) is 9.68. The number of aliphatic hydroxyl groups is 1. The van der Waals surface area contributed by atoms with Gasteiger partial charge < -0.3 is 15.2 Å². The quantitative estimate of drug-likeness (QED) is 0.603. The van der Waals surface area contributed by atoms with Gasteiger partial charge in [0.1, 0.15) is 24.0 Å². The maximum absolute atomic E-state index is 9.44. The number of nitrogens with zero attached hydrogens (tertiary/aromatic N) is 3. The fourth-order valence-electron chi connectivity index (χ4n) is 3.52. The van der Waals surface area contributed by atoms with E-state index >= 15 is 0 Å². The van der Waals surface area contributed by atoms with Crippen LogP contribution in [0.25, 0.3) is 11.3 Å². The van der Waals surface area contributed by atoms with Gasteiger partial charge >= 0.3 is 0 Å². The second-order valence-electron chi connectivity index (χ2n) is 7.16. The van der Waals surface area contributed by atoms with Gasteiger partial charge in [-0.1, -0.05) is 24.3 Å². The Balaban J connectivity index is 1.50. The Morgan fingerprint density at radius 1 is 1.28 bits per heavy atom. The van der Waals surface area contributed by atoms with Gasteiger partial charge in [0.05, 0.1) is 12.3 Å². The van der Waals surface area contributed by atoms with Gasteiger partial charge in [0, 0.05) is 48.0 Å². The van der Waals surface area contributed by atoms with Crippen LogP contribution in [-0.4, -0.2) is 39.3 Å². The molecule has 3 aromatic rings. The number of aryl methyl sites for hydroxylation is 1. The topological polar surface area (TPSA) is 80.2 Å². The summed E-state index contributed by atoms with van der Waals surface area (Å²) in [5.41, 5.74) is 4.93. The number of fused-ring (bicyclic) bond motifs is 1. The molecule has 1 aliphatic heterocycles.